The van der Waals surface area contributed by atoms with Crippen molar-refractivity contribution >= 4 is 22.9 Å². The topological polar surface area (TPSA) is 29.0 Å². The molecule has 1 aliphatic rings. The molecular weight excluding hydrogens is 230 g/mol. The van der Waals surface area contributed by atoms with Gasteiger partial charge in [0.1, 0.15) is 5.01 Å². The van der Waals surface area contributed by atoms with E-state index >= 15 is 0 Å². The Balaban J connectivity index is 1.86. The zero-order valence-electron chi connectivity index (χ0n) is 8.78. The van der Waals surface area contributed by atoms with Crippen LogP contribution in [0.2, 0.25) is 4.47 Å². The molecule has 0 aliphatic carbocycles. The van der Waals surface area contributed by atoms with Crippen molar-refractivity contribution in [3.63, 3.8) is 0 Å². The lowest BCUT2D eigenvalue weighted by molar-refractivity contribution is 0.239. The standard InChI is InChI=1S/C10H16ClN3S/c11-10-13-12-9(15-10)8-14-6-4-2-1-3-5-7-14/h1-8H2. The van der Waals surface area contributed by atoms with E-state index in [9.17, 15) is 0 Å². The number of rotatable bonds is 2. The lowest BCUT2D eigenvalue weighted by atomic mass is 10.1. The third kappa shape index (κ3) is 3.70. The summed E-state index contributed by atoms with van der Waals surface area (Å²) in [6, 6.07) is 0. The van der Waals surface area contributed by atoms with Gasteiger partial charge in [-0.2, -0.15) is 0 Å². The maximum atomic E-state index is 5.76. The molecule has 5 heteroatoms. The Bertz CT molecular complexity index is 295. The third-order valence-electron chi connectivity index (χ3n) is 2.75. The van der Waals surface area contributed by atoms with Crippen molar-refractivity contribution in [1.29, 1.82) is 0 Å². The molecule has 0 radical (unpaired) electrons. The number of nitrogens with zero attached hydrogens (tertiary/aromatic N) is 3. The SMILES string of the molecule is Clc1nnc(CN2CCCCCCC2)s1. The Kier molecular flexibility index (Phi) is 4.35. The minimum absolute atomic E-state index is 0.553. The summed E-state index contributed by atoms with van der Waals surface area (Å²) in [5.41, 5.74) is 0. The van der Waals surface area contributed by atoms with Crippen LogP contribution in [0.5, 0.6) is 0 Å². The number of hydrogen-bond donors (Lipinski definition) is 0. The molecule has 0 atom stereocenters. The lowest BCUT2D eigenvalue weighted by Gasteiger charge is -2.22. The highest BCUT2D eigenvalue weighted by atomic mass is 35.5. The lowest BCUT2D eigenvalue weighted by Crippen LogP contribution is -2.26. The van der Waals surface area contributed by atoms with Gasteiger partial charge in [0.05, 0.1) is 6.54 Å². The molecule has 1 aromatic heterocycles. The average Bonchev–Trinajstić information content (AvgIpc) is 2.56. The predicted molar refractivity (Wildman–Crippen MR) is 63.3 cm³/mol. The van der Waals surface area contributed by atoms with Crippen LogP contribution in [-0.2, 0) is 6.54 Å². The predicted octanol–water partition coefficient (Wildman–Crippen LogP) is 2.96. The van der Waals surface area contributed by atoms with Gasteiger partial charge in [0.2, 0.25) is 4.47 Å². The van der Waals surface area contributed by atoms with E-state index in [0.717, 1.165) is 11.6 Å². The van der Waals surface area contributed by atoms with Gasteiger partial charge >= 0.3 is 0 Å². The van der Waals surface area contributed by atoms with E-state index in [1.54, 1.807) is 0 Å². The van der Waals surface area contributed by atoms with Crippen LogP contribution in [0.4, 0.5) is 0 Å². The molecule has 0 bridgehead atoms. The first kappa shape index (κ1) is 11.3. The summed E-state index contributed by atoms with van der Waals surface area (Å²) in [4.78, 5) is 2.47. The van der Waals surface area contributed by atoms with E-state index in [0.29, 0.717) is 4.47 Å². The minimum Gasteiger partial charge on any atom is -0.297 e. The zero-order valence-corrected chi connectivity index (χ0v) is 10.4. The van der Waals surface area contributed by atoms with Gasteiger partial charge in [-0.05, 0) is 37.5 Å². The first-order valence-electron chi connectivity index (χ1n) is 5.55. The van der Waals surface area contributed by atoms with Gasteiger partial charge in [0.15, 0.2) is 0 Å². The summed E-state index contributed by atoms with van der Waals surface area (Å²) >= 11 is 7.26. The van der Waals surface area contributed by atoms with Crippen molar-refractivity contribution in [2.75, 3.05) is 13.1 Å². The van der Waals surface area contributed by atoms with E-state index in [2.05, 4.69) is 15.1 Å². The van der Waals surface area contributed by atoms with Gasteiger partial charge in [-0.15, -0.1) is 10.2 Å². The van der Waals surface area contributed by atoms with Gasteiger partial charge in [-0.25, -0.2) is 0 Å². The number of halogens is 1. The highest BCUT2D eigenvalue weighted by Gasteiger charge is 2.11. The van der Waals surface area contributed by atoms with Crippen LogP contribution in [0.25, 0.3) is 0 Å². The molecule has 0 spiro atoms. The molecule has 1 saturated heterocycles. The summed E-state index contributed by atoms with van der Waals surface area (Å²) in [6.07, 6.45) is 6.76. The molecule has 0 unspecified atom stereocenters. The van der Waals surface area contributed by atoms with Crippen molar-refractivity contribution in [3.8, 4) is 0 Å². The zero-order chi connectivity index (χ0) is 10.5. The largest absolute Gasteiger partial charge is 0.297 e. The van der Waals surface area contributed by atoms with Crippen LogP contribution in [0, 0.1) is 0 Å². The van der Waals surface area contributed by atoms with Crippen molar-refractivity contribution in [1.82, 2.24) is 15.1 Å². The van der Waals surface area contributed by atoms with Crippen LogP contribution in [0.1, 0.15) is 37.1 Å². The number of likely N-dealkylation sites (tertiary alicyclic amines) is 1. The first-order valence-corrected chi connectivity index (χ1v) is 6.74. The molecule has 1 aromatic rings. The molecular formula is C10H16ClN3S. The second-order valence-corrected chi connectivity index (χ2v) is 5.64. The van der Waals surface area contributed by atoms with Gasteiger partial charge in [0, 0.05) is 0 Å². The molecule has 2 rings (SSSR count). The normalized spacial score (nSPS) is 19.8. The monoisotopic (exact) mass is 245 g/mol. The quantitative estimate of drug-likeness (QED) is 0.802. The van der Waals surface area contributed by atoms with Crippen molar-refractivity contribution in [2.45, 2.75) is 38.6 Å². The first-order chi connectivity index (χ1) is 7.34. The Morgan fingerprint density at radius 2 is 1.73 bits per heavy atom. The molecule has 2 heterocycles. The maximum absolute atomic E-state index is 5.76. The highest BCUT2D eigenvalue weighted by Crippen LogP contribution is 2.18. The Labute approximate surface area is 99.5 Å². The third-order valence-corrected chi connectivity index (χ3v) is 3.75. The summed E-state index contributed by atoms with van der Waals surface area (Å²) in [5, 5.41) is 8.93. The Hall–Kier alpha value is -0.190. The van der Waals surface area contributed by atoms with Crippen LogP contribution < -0.4 is 0 Å². The Morgan fingerprint density at radius 3 is 2.33 bits per heavy atom. The van der Waals surface area contributed by atoms with Gasteiger partial charge < -0.3 is 0 Å². The smallest absolute Gasteiger partial charge is 0.207 e. The van der Waals surface area contributed by atoms with Crippen molar-refractivity contribution in [3.05, 3.63) is 9.47 Å². The van der Waals surface area contributed by atoms with Gasteiger partial charge in [0.25, 0.3) is 0 Å². The van der Waals surface area contributed by atoms with Gasteiger partial charge in [-0.1, -0.05) is 30.6 Å². The van der Waals surface area contributed by atoms with Crippen LogP contribution in [-0.4, -0.2) is 28.2 Å². The number of aromatic nitrogens is 2. The van der Waals surface area contributed by atoms with Crippen molar-refractivity contribution < 1.29 is 0 Å². The van der Waals surface area contributed by atoms with E-state index in [4.69, 9.17) is 11.6 Å². The molecule has 3 nitrogen and oxygen atoms in total. The number of hydrogen-bond acceptors (Lipinski definition) is 4. The van der Waals surface area contributed by atoms with E-state index < -0.39 is 0 Å². The van der Waals surface area contributed by atoms with Crippen LogP contribution in [0.15, 0.2) is 0 Å². The van der Waals surface area contributed by atoms with E-state index in [-0.39, 0.29) is 0 Å². The summed E-state index contributed by atoms with van der Waals surface area (Å²) in [6.45, 7) is 3.30. The van der Waals surface area contributed by atoms with E-state index in [1.165, 1.54) is 56.5 Å². The fourth-order valence-electron chi connectivity index (χ4n) is 1.96. The fraction of sp³-hybridized carbons (Fsp3) is 0.800. The molecule has 0 N–H and O–H groups in total. The molecule has 0 amide bonds. The highest BCUT2D eigenvalue weighted by molar-refractivity contribution is 7.15. The van der Waals surface area contributed by atoms with Crippen LogP contribution in [0.3, 0.4) is 0 Å². The fourth-order valence-corrected chi connectivity index (χ4v) is 2.87. The average molecular weight is 246 g/mol. The molecule has 0 aromatic carbocycles. The summed E-state index contributed by atoms with van der Waals surface area (Å²) < 4.78 is 0.553. The second-order valence-electron chi connectivity index (χ2n) is 3.99. The summed E-state index contributed by atoms with van der Waals surface area (Å²) in [7, 11) is 0. The molecule has 1 fully saturated rings. The van der Waals surface area contributed by atoms with Gasteiger partial charge in [-0.3, -0.25) is 4.90 Å². The Morgan fingerprint density at radius 1 is 1.07 bits per heavy atom. The molecule has 0 saturated carbocycles. The van der Waals surface area contributed by atoms with E-state index in [1.807, 2.05) is 0 Å². The summed E-state index contributed by atoms with van der Waals surface area (Å²) in [5.74, 6) is 0. The minimum atomic E-state index is 0.553. The van der Waals surface area contributed by atoms with Crippen molar-refractivity contribution in [2.24, 2.45) is 0 Å². The molecule has 15 heavy (non-hydrogen) atoms. The maximum Gasteiger partial charge on any atom is 0.207 e. The molecule has 1 aliphatic heterocycles. The molecule has 84 valence electrons. The van der Waals surface area contributed by atoms with Crippen LogP contribution >= 0.6 is 22.9 Å². The second kappa shape index (κ2) is 5.77.